The fourth-order valence-electron chi connectivity index (χ4n) is 1.69. The molecule has 2 aromatic rings. The van der Waals surface area contributed by atoms with E-state index < -0.39 is 0 Å². The van der Waals surface area contributed by atoms with E-state index in [0.29, 0.717) is 6.54 Å². The first-order valence-corrected chi connectivity index (χ1v) is 6.27. The fourth-order valence-corrected chi connectivity index (χ4v) is 2.40. The Labute approximate surface area is 112 Å². The lowest BCUT2D eigenvalue weighted by molar-refractivity contribution is 0.658. The zero-order valence-electron chi connectivity index (χ0n) is 8.23. The van der Waals surface area contributed by atoms with Crippen LogP contribution >= 0.6 is 39.5 Å². The third-order valence-electron chi connectivity index (χ3n) is 2.46. The Morgan fingerprint density at radius 3 is 2.88 bits per heavy atom. The van der Waals surface area contributed by atoms with E-state index in [4.69, 9.17) is 23.6 Å². The molecule has 3 nitrogen and oxygen atoms in total. The summed E-state index contributed by atoms with van der Waals surface area (Å²) in [5.41, 5.74) is 2.16. The van der Waals surface area contributed by atoms with Crippen LogP contribution in [0.25, 0.3) is 10.9 Å². The predicted octanol–water partition coefficient (Wildman–Crippen LogP) is 3.46. The molecule has 1 unspecified atom stereocenters. The van der Waals surface area contributed by atoms with Gasteiger partial charge in [-0.05, 0) is 47.3 Å². The number of halogens is 3. The Hall–Kier alpha value is -0.260. The summed E-state index contributed by atoms with van der Waals surface area (Å²) >= 11 is 14.7. The van der Waals surface area contributed by atoms with Gasteiger partial charge in [0.25, 0.3) is 0 Å². The van der Waals surface area contributed by atoms with Crippen LogP contribution in [0.2, 0.25) is 0 Å². The van der Waals surface area contributed by atoms with Crippen LogP contribution in [0.15, 0.2) is 28.9 Å². The molecule has 1 aromatic heterocycles. The maximum absolute atomic E-state index is 5.70. The average Bonchev–Trinajstić information content (AvgIpc) is 2.69. The molecule has 16 heavy (non-hydrogen) atoms. The van der Waals surface area contributed by atoms with Gasteiger partial charge >= 0.3 is 0 Å². The predicted molar refractivity (Wildman–Crippen MR) is 71.6 cm³/mol. The Balaban J connectivity index is 2.46. The van der Waals surface area contributed by atoms with Crippen molar-refractivity contribution < 1.29 is 0 Å². The molecule has 0 aliphatic heterocycles. The van der Waals surface area contributed by atoms with E-state index in [2.05, 4.69) is 36.7 Å². The first-order chi connectivity index (χ1) is 7.76. The van der Waals surface area contributed by atoms with Crippen LogP contribution < -0.4 is 9.67 Å². The molecule has 1 atom stereocenters. The topological polar surface area (TPSA) is 39.8 Å². The number of hydrogen-bond donors (Lipinski definition) is 3. The minimum absolute atomic E-state index is 0.0396. The standard InChI is InChI=1S/C10H10BrCl2N3/c11-6-1-2-9-7(3-6)8(4-14-9)10(16-13)5-15-12/h1-4,10,14-16H,5H2. The lowest BCUT2D eigenvalue weighted by Crippen LogP contribution is -2.21. The Bertz CT molecular complexity index is 486. The van der Waals surface area contributed by atoms with E-state index in [9.17, 15) is 0 Å². The molecule has 0 fully saturated rings. The molecule has 1 aromatic carbocycles. The average molecular weight is 323 g/mol. The van der Waals surface area contributed by atoms with Crippen LogP contribution in [0.3, 0.4) is 0 Å². The molecule has 0 bridgehead atoms. The van der Waals surface area contributed by atoms with Crippen LogP contribution in [-0.2, 0) is 0 Å². The van der Waals surface area contributed by atoms with E-state index in [1.807, 2.05) is 18.3 Å². The molecule has 1 heterocycles. The number of aromatic nitrogens is 1. The third kappa shape index (κ3) is 2.36. The number of aromatic amines is 1. The van der Waals surface area contributed by atoms with Crippen molar-refractivity contribution in [3.8, 4) is 0 Å². The zero-order valence-corrected chi connectivity index (χ0v) is 11.3. The van der Waals surface area contributed by atoms with Gasteiger partial charge in [-0.1, -0.05) is 15.9 Å². The maximum atomic E-state index is 5.70. The maximum Gasteiger partial charge on any atom is 0.0629 e. The number of hydrogen-bond acceptors (Lipinski definition) is 2. The summed E-state index contributed by atoms with van der Waals surface area (Å²) in [6.07, 6.45) is 1.94. The van der Waals surface area contributed by atoms with Crippen LogP contribution in [0.5, 0.6) is 0 Å². The van der Waals surface area contributed by atoms with Crippen LogP contribution in [0.1, 0.15) is 11.6 Å². The monoisotopic (exact) mass is 321 g/mol. The molecule has 0 radical (unpaired) electrons. The van der Waals surface area contributed by atoms with Crippen molar-refractivity contribution in [3.63, 3.8) is 0 Å². The van der Waals surface area contributed by atoms with E-state index in [1.54, 1.807) is 0 Å². The molecule has 0 aliphatic rings. The summed E-state index contributed by atoms with van der Waals surface area (Å²) in [5, 5.41) is 1.12. The van der Waals surface area contributed by atoms with Gasteiger partial charge < -0.3 is 4.98 Å². The third-order valence-corrected chi connectivity index (χ3v) is 3.38. The highest BCUT2D eigenvalue weighted by Gasteiger charge is 2.14. The van der Waals surface area contributed by atoms with E-state index >= 15 is 0 Å². The van der Waals surface area contributed by atoms with Crippen LogP contribution in [0.4, 0.5) is 0 Å². The number of H-pyrrole nitrogens is 1. The molecule has 2 rings (SSSR count). The number of benzene rings is 1. The van der Waals surface area contributed by atoms with Gasteiger partial charge in [0, 0.05) is 28.1 Å². The second kappa shape index (κ2) is 5.38. The van der Waals surface area contributed by atoms with Crippen molar-refractivity contribution in [2.45, 2.75) is 6.04 Å². The van der Waals surface area contributed by atoms with E-state index in [-0.39, 0.29) is 6.04 Å². The number of fused-ring (bicyclic) bond motifs is 1. The minimum Gasteiger partial charge on any atom is -0.361 e. The highest BCUT2D eigenvalue weighted by atomic mass is 79.9. The van der Waals surface area contributed by atoms with Gasteiger partial charge in [-0.25, -0.2) is 9.67 Å². The van der Waals surface area contributed by atoms with Gasteiger partial charge in [-0.2, -0.15) is 0 Å². The van der Waals surface area contributed by atoms with Crippen molar-refractivity contribution in [3.05, 3.63) is 34.4 Å². The molecule has 0 spiro atoms. The lowest BCUT2D eigenvalue weighted by atomic mass is 10.1. The summed E-state index contributed by atoms with van der Waals surface area (Å²) in [5.74, 6) is 0. The molecule has 0 saturated heterocycles. The summed E-state index contributed by atoms with van der Waals surface area (Å²) in [6, 6.07) is 6.02. The first-order valence-electron chi connectivity index (χ1n) is 4.72. The summed E-state index contributed by atoms with van der Waals surface area (Å²) in [4.78, 5) is 8.49. The second-order valence-electron chi connectivity index (χ2n) is 3.43. The molecule has 0 saturated carbocycles. The highest BCUT2D eigenvalue weighted by molar-refractivity contribution is 9.10. The van der Waals surface area contributed by atoms with Gasteiger partial charge in [-0.3, -0.25) is 0 Å². The van der Waals surface area contributed by atoms with Crippen molar-refractivity contribution >= 4 is 50.4 Å². The molecular weight excluding hydrogens is 313 g/mol. The molecule has 0 aliphatic carbocycles. The van der Waals surface area contributed by atoms with Gasteiger partial charge in [0.2, 0.25) is 0 Å². The molecule has 3 N–H and O–H groups in total. The quantitative estimate of drug-likeness (QED) is 0.754. The zero-order chi connectivity index (χ0) is 11.5. The van der Waals surface area contributed by atoms with Gasteiger partial charge in [0.1, 0.15) is 0 Å². The van der Waals surface area contributed by atoms with Crippen molar-refractivity contribution in [1.82, 2.24) is 14.7 Å². The Morgan fingerprint density at radius 1 is 1.38 bits per heavy atom. The molecule has 6 heteroatoms. The molecule has 0 amide bonds. The van der Waals surface area contributed by atoms with Crippen LogP contribution in [0, 0.1) is 0 Å². The largest absolute Gasteiger partial charge is 0.361 e. The normalized spacial score (nSPS) is 13.2. The Kier molecular flexibility index (Phi) is 4.10. The number of nitrogens with one attached hydrogen (secondary N) is 3. The molecular formula is C10H10BrCl2N3. The summed E-state index contributed by atoms with van der Waals surface area (Å²) in [7, 11) is 0. The molecule has 86 valence electrons. The van der Waals surface area contributed by atoms with Crippen molar-refractivity contribution in [1.29, 1.82) is 0 Å². The highest BCUT2D eigenvalue weighted by Crippen LogP contribution is 2.27. The number of rotatable bonds is 4. The van der Waals surface area contributed by atoms with E-state index in [1.165, 1.54) is 0 Å². The first kappa shape index (κ1) is 12.2. The van der Waals surface area contributed by atoms with Gasteiger partial charge in [-0.15, -0.1) is 0 Å². The minimum atomic E-state index is -0.0396. The van der Waals surface area contributed by atoms with Gasteiger partial charge in [0.15, 0.2) is 0 Å². The second-order valence-corrected chi connectivity index (χ2v) is 4.83. The van der Waals surface area contributed by atoms with Crippen molar-refractivity contribution in [2.75, 3.05) is 6.54 Å². The Morgan fingerprint density at radius 2 is 2.19 bits per heavy atom. The van der Waals surface area contributed by atoms with Crippen LogP contribution in [-0.4, -0.2) is 11.5 Å². The van der Waals surface area contributed by atoms with Gasteiger partial charge in [0.05, 0.1) is 6.04 Å². The smallest absolute Gasteiger partial charge is 0.0629 e. The van der Waals surface area contributed by atoms with Crippen molar-refractivity contribution in [2.24, 2.45) is 0 Å². The van der Waals surface area contributed by atoms with E-state index in [0.717, 1.165) is 20.9 Å². The summed E-state index contributed by atoms with van der Waals surface area (Å²) < 4.78 is 1.04. The SMILES string of the molecule is ClNCC(NCl)c1c[nH]c2ccc(Br)cc12. The summed E-state index contributed by atoms with van der Waals surface area (Å²) in [6.45, 7) is 0.546. The lowest BCUT2D eigenvalue weighted by Gasteiger charge is -2.12. The fraction of sp³-hybridized carbons (Fsp3) is 0.200.